The van der Waals surface area contributed by atoms with Crippen molar-refractivity contribution in [2.75, 3.05) is 12.4 Å². The Kier molecular flexibility index (Phi) is 7.25. The summed E-state index contributed by atoms with van der Waals surface area (Å²) in [5.41, 5.74) is 1.89. The third-order valence-electron chi connectivity index (χ3n) is 4.31. The molecule has 0 radical (unpaired) electrons. The summed E-state index contributed by atoms with van der Waals surface area (Å²) in [6.45, 7) is 3.86. The van der Waals surface area contributed by atoms with Crippen LogP contribution in [0, 0.1) is 12.7 Å². The van der Waals surface area contributed by atoms with E-state index in [9.17, 15) is 9.18 Å². The van der Waals surface area contributed by atoms with Crippen LogP contribution < -0.4 is 10.6 Å². The Labute approximate surface area is 169 Å². The second-order valence-electron chi connectivity index (χ2n) is 6.34. The lowest BCUT2D eigenvalue weighted by atomic mass is 10.1. The molecule has 28 heavy (non-hydrogen) atoms. The second-order valence-corrected chi connectivity index (χ2v) is 6.34. The van der Waals surface area contributed by atoms with Crippen LogP contribution >= 0.6 is 12.4 Å². The van der Waals surface area contributed by atoms with Crippen LogP contribution in [-0.4, -0.2) is 29.1 Å². The van der Waals surface area contributed by atoms with Gasteiger partial charge in [0.15, 0.2) is 5.82 Å². The zero-order valence-corrected chi connectivity index (χ0v) is 16.6. The van der Waals surface area contributed by atoms with E-state index < -0.39 is 11.7 Å². The molecule has 1 atom stereocenters. The minimum atomic E-state index is -0.578. The van der Waals surface area contributed by atoms with Crippen LogP contribution in [0.4, 0.5) is 10.1 Å². The lowest BCUT2D eigenvalue weighted by Gasteiger charge is -2.12. The van der Waals surface area contributed by atoms with Crippen molar-refractivity contribution in [2.24, 2.45) is 0 Å². The van der Waals surface area contributed by atoms with Crippen LogP contribution in [0.25, 0.3) is 11.5 Å². The molecule has 3 rings (SSSR count). The van der Waals surface area contributed by atoms with Crippen molar-refractivity contribution in [3.05, 3.63) is 65.2 Å². The quantitative estimate of drug-likeness (QED) is 0.648. The van der Waals surface area contributed by atoms with E-state index in [4.69, 9.17) is 4.52 Å². The first-order valence-electron chi connectivity index (χ1n) is 8.65. The Morgan fingerprint density at radius 1 is 1.21 bits per heavy atom. The molecule has 1 amide bonds. The lowest BCUT2D eigenvalue weighted by Crippen LogP contribution is -2.24. The Morgan fingerprint density at radius 3 is 2.68 bits per heavy atom. The third-order valence-corrected chi connectivity index (χ3v) is 4.31. The molecule has 2 N–H and O–H groups in total. The topological polar surface area (TPSA) is 80.0 Å². The average molecular weight is 405 g/mol. The predicted molar refractivity (Wildman–Crippen MR) is 108 cm³/mol. The number of anilines is 1. The van der Waals surface area contributed by atoms with Gasteiger partial charge in [-0.05, 0) is 44.7 Å². The molecule has 148 valence electrons. The summed E-state index contributed by atoms with van der Waals surface area (Å²) >= 11 is 0. The van der Waals surface area contributed by atoms with Crippen molar-refractivity contribution in [3.63, 3.8) is 0 Å². The van der Waals surface area contributed by atoms with Gasteiger partial charge in [-0.15, -0.1) is 12.4 Å². The van der Waals surface area contributed by atoms with E-state index in [1.54, 1.807) is 12.1 Å². The normalized spacial score (nSPS) is 11.6. The van der Waals surface area contributed by atoms with E-state index in [2.05, 4.69) is 20.8 Å². The molecule has 1 heterocycles. The highest BCUT2D eigenvalue weighted by molar-refractivity contribution is 6.06. The van der Waals surface area contributed by atoms with Gasteiger partial charge in [-0.3, -0.25) is 4.79 Å². The van der Waals surface area contributed by atoms with Crippen LogP contribution in [0.1, 0.15) is 28.7 Å². The van der Waals surface area contributed by atoms with Gasteiger partial charge in [-0.2, -0.15) is 4.98 Å². The number of benzene rings is 2. The molecule has 0 aliphatic rings. The van der Waals surface area contributed by atoms with Gasteiger partial charge in [-0.1, -0.05) is 29.4 Å². The van der Waals surface area contributed by atoms with Gasteiger partial charge < -0.3 is 15.2 Å². The highest BCUT2D eigenvalue weighted by atomic mass is 35.5. The van der Waals surface area contributed by atoms with Gasteiger partial charge in [0.05, 0.1) is 16.8 Å². The van der Waals surface area contributed by atoms with Crippen molar-refractivity contribution >= 4 is 24.0 Å². The zero-order chi connectivity index (χ0) is 19.4. The maximum Gasteiger partial charge on any atom is 0.260 e. The number of carbonyl (C=O) groups is 1. The van der Waals surface area contributed by atoms with Gasteiger partial charge in [0, 0.05) is 12.5 Å². The van der Waals surface area contributed by atoms with E-state index in [1.165, 1.54) is 18.2 Å². The maximum atomic E-state index is 13.9. The minimum Gasteiger partial charge on any atom is -0.334 e. The van der Waals surface area contributed by atoms with Gasteiger partial charge >= 0.3 is 0 Å². The van der Waals surface area contributed by atoms with Crippen molar-refractivity contribution in [1.82, 2.24) is 15.5 Å². The SMILES string of the molecule is CNC(C)Cc1noc(-c2cccc(C)c2NC(=O)c2ccccc2F)n1.Cl. The number of aryl methyl sites for hydroxylation is 1. The third kappa shape index (κ3) is 4.74. The number of rotatable bonds is 6. The van der Waals surface area contributed by atoms with Crippen LogP contribution in [-0.2, 0) is 6.42 Å². The first-order chi connectivity index (χ1) is 13.0. The number of nitrogens with zero attached hydrogens (tertiary/aromatic N) is 2. The molecule has 0 bridgehead atoms. The van der Waals surface area contributed by atoms with Crippen LogP contribution in [0.5, 0.6) is 0 Å². The smallest absolute Gasteiger partial charge is 0.260 e. The fraction of sp³-hybridized carbons (Fsp3) is 0.250. The first-order valence-corrected chi connectivity index (χ1v) is 8.65. The molecule has 2 aromatic carbocycles. The average Bonchev–Trinajstić information content (AvgIpc) is 3.11. The molecule has 1 aromatic heterocycles. The standard InChI is InChI=1S/C20H21FN4O2.ClH/c1-12-7-6-9-15(20-23-17(25-27-20)11-13(2)22-3)18(12)24-19(26)14-8-4-5-10-16(14)21;/h4-10,13,22H,11H2,1-3H3,(H,24,26);1H. The minimum absolute atomic E-state index is 0. The van der Waals surface area contributed by atoms with Gasteiger partial charge in [0.25, 0.3) is 11.8 Å². The maximum absolute atomic E-state index is 13.9. The summed E-state index contributed by atoms with van der Waals surface area (Å²) in [6.07, 6.45) is 0.614. The fourth-order valence-corrected chi connectivity index (χ4v) is 2.66. The number of carbonyl (C=O) groups excluding carboxylic acids is 1. The number of halogens is 2. The number of hydrogen-bond acceptors (Lipinski definition) is 5. The van der Waals surface area contributed by atoms with Gasteiger partial charge in [-0.25, -0.2) is 4.39 Å². The van der Waals surface area contributed by atoms with E-state index >= 15 is 0 Å². The molecule has 1 unspecified atom stereocenters. The fourth-order valence-electron chi connectivity index (χ4n) is 2.66. The number of nitrogens with one attached hydrogen (secondary N) is 2. The first kappa shape index (κ1) is 21.5. The second kappa shape index (κ2) is 9.43. The molecule has 0 fully saturated rings. The summed E-state index contributed by atoms with van der Waals surface area (Å²) in [5.74, 6) is -0.237. The molecule has 0 aliphatic carbocycles. The van der Waals surface area contributed by atoms with Crippen LogP contribution in [0.2, 0.25) is 0 Å². The Hall–Kier alpha value is -2.77. The molecule has 0 saturated carbocycles. The number of aromatic nitrogens is 2. The van der Waals surface area contributed by atoms with Crippen LogP contribution in [0.15, 0.2) is 47.0 Å². The highest BCUT2D eigenvalue weighted by Crippen LogP contribution is 2.30. The van der Waals surface area contributed by atoms with E-state index in [0.29, 0.717) is 29.4 Å². The molecule has 0 aliphatic heterocycles. The molecule has 0 saturated heterocycles. The Balaban J connectivity index is 0.00000280. The number of para-hydroxylation sites is 1. The van der Waals surface area contributed by atoms with Crippen molar-refractivity contribution in [1.29, 1.82) is 0 Å². The van der Waals surface area contributed by atoms with Crippen molar-refractivity contribution in [3.8, 4) is 11.5 Å². The predicted octanol–water partition coefficient (Wildman–Crippen LogP) is 4.01. The molecule has 3 aromatic rings. The summed E-state index contributed by atoms with van der Waals surface area (Å²) < 4.78 is 19.3. The largest absolute Gasteiger partial charge is 0.334 e. The van der Waals surface area contributed by atoms with E-state index in [1.807, 2.05) is 33.0 Å². The van der Waals surface area contributed by atoms with Crippen LogP contribution in [0.3, 0.4) is 0 Å². The highest BCUT2D eigenvalue weighted by Gasteiger charge is 2.19. The molecular formula is C20H22ClFN4O2. The summed E-state index contributed by atoms with van der Waals surface area (Å²) in [7, 11) is 1.86. The lowest BCUT2D eigenvalue weighted by molar-refractivity contribution is 0.102. The number of amides is 1. The molecule has 0 spiro atoms. The van der Waals surface area contributed by atoms with Gasteiger partial charge in [0.1, 0.15) is 5.82 Å². The Morgan fingerprint density at radius 2 is 1.96 bits per heavy atom. The number of likely N-dealkylation sites (N-methyl/N-ethyl adjacent to an activating group) is 1. The molecular weight excluding hydrogens is 383 g/mol. The zero-order valence-electron chi connectivity index (χ0n) is 15.8. The van der Waals surface area contributed by atoms with Crippen molar-refractivity contribution in [2.45, 2.75) is 26.3 Å². The monoisotopic (exact) mass is 404 g/mol. The molecule has 6 nitrogen and oxygen atoms in total. The van der Waals surface area contributed by atoms with Crippen molar-refractivity contribution < 1.29 is 13.7 Å². The van der Waals surface area contributed by atoms with E-state index in [-0.39, 0.29) is 24.0 Å². The Bertz CT molecular complexity index is 961. The summed E-state index contributed by atoms with van der Waals surface area (Å²) in [4.78, 5) is 17.0. The molecule has 8 heteroatoms. The van der Waals surface area contributed by atoms with Gasteiger partial charge in [0.2, 0.25) is 0 Å². The number of hydrogen-bond donors (Lipinski definition) is 2. The van der Waals surface area contributed by atoms with E-state index in [0.717, 1.165) is 5.56 Å². The summed E-state index contributed by atoms with van der Waals surface area (Å²) in [6, 6.07) is 11.5. The summed E-state index contributed by atoms with van der Waals surface area (Å²) in [5, 5.41) is 9.90.